The molecular formula is C29H33N3O4. The molecule has 1 aliphatic rings. The fraction of sp³-hybridized carbons (Fsp3) is 0.345. The SMILES string of the molecule is COc1ccc([C@@H](C(=O)NC2CCCCC2)N(Cc2cccc(OC)c2)C(=O)c2ccccn2)cc1. The molecule has 188 valence electrons. The number of rotatable bonds is 9. The summed E-state index contributed by atoms with van der Waals surface area (Å²) in [6, 6.07) is 19.3. The summed E-state index contributed by atoms with van der Waals surface area (Å²) in [6.45, 7) is 0.210. The summed E-state index contributed by atoms with van der Waals surface area (Å²) in [5.41, 5.74) is 1.84. The lowest BCUT2D eigenvalue weighted by Crippen LogP contribution is -2.47. The van der Waals surface area contributed by atoms with E-state index in [2.05, 4.69) is 10.3 Å². The molecule has 36 heavy (non-hydrogen) atoms. The van der Waals surface area contributed by atoms with E-state index in [1.807, 2.05) is 48.5 Å². The van der Waals surface area contributed by atoms with Crippen molar-refractivity contribution >= 4 is 11.8 Å². The zero-order valence-corrected chi connectivity index (χ0v) is 20.9. The first-order chi connectivity index (χ1) is 17.6. The first kappa shape index (κ1) is 25.2. The lowest BCUT2D eigenvalue weighted by Gasteiger charge is -2.33. The van der Waals surface area contributed by atoms with Crippen molar-refractivity contribution < 1.29 is 19.1 Å². The summed E-state index contributed by atoms with van der Waals surface area (Å²) >= 11 is 0. The molecule has 3 aromatic rings. The number of hydrogen-bond acceptors (Lipinski definition) is 5. The van der Waals surface area contributed by atoms with Gasteiger partial charge in [-0.1, -0.05) is 49.6 Å². The quantitative estimate of drug-likeness (QED) is 0.463. The van der Waals surface area contributed by atoms with Gasteiger partial charge in [-0.3, -0.25) is 14.6 Å². The Morgan fingerprint density at radius 1 is 0.944 bits per heavy atom. The molecule has 0 saturated heterocycles. The van der Waals surface area contributed by atoms with Gasteiger partial charge in [0.2, 0.25) is 5.91 Å². The van der Waals surface area contributed by atoms with Crippen molar-refractivity contribution in [3.05, 3.63) is 89.7 Å². The second-order valence-corrected chi connectivity index (χ2v) is 9.02. The van der Waals surface area contributed by atoms with Gasteiger partial charge in [-0.15, -0.1) is 0 Å². The highest BCUT2D eigenvalue weighted by atomic mass is 16.5. The van der Waals surface area contributed by atoms with Gasteiger partial charge in [0, 0.05) is 18.8 Å². The first-order valence-electron chi connectivity index (χ1n) is 12.4. The highest BCUT2D eigenvalue weighted by Crippen LogP contribution is 2.29. The van der Waals surface area contributed by atoms with Crippen LogP contribution in [0.2, 0.25) is 0 Å². The van der Waals surface area contributed by atoms with E-state index >= 15 is 0 Å². The number of methoxy groups -OCH3 is 2. The molecule has 0 aliphatic heterocycles. The maximum atomic E-state index is 13.9. The third-order valence-electron chi connectivity index (χ3n) is 6.58. The van der Waals surface area contributed by atoms with Crippen LogP contribution in [0.3, 0.4) is 0 Å². The Labute approximate surface area is 212 Å². The number of aromatic nitrogens is 1. The standard InChI is InChI=1S/C29H33N3O4/c1-35-24-16-14-22(15-17-24)27(28(33)31-23-10-4-3-5-11-23)32(29(34)26-13-6-7-18-30-26)20-21-9-8-12-25(19-21)36-2/h6-9,12-19,23,27H,3-5,10-11,20H2,1-2H3,(H,31,33)/t27-/m0/s1. The van der Waals surface area contributed by atoms with Crippen LogP contribution in [0.25, 0.3) is 0 Å². The van der Waals surface area contributed by atoms with Crippen LogP contribution in [0, 0.1) is 0 Å². The van der Waals surface area contributed by atoms with Crippen molar-refractivity contribution in [3.8, 4) is 11.5 Å². The molecule has 2 aromatic carbocycles. The average Bonchev–Trinajstić information content (AvgIpc) is 2.94. The van der Waals surface area contributed by atoms with Gasteiger partial charge >= 0.3 is 0 Å². The number of ether oxygens (including phenoxy) is 2. The molecule has 1 N–H and O–H groups in total. The van der Waals surface area contributed by atoms with Gasteiger partial charge in [-0.05, 0) is 60.4 Å². The van der Waals surface area contributed by atoms with Gasteiger partial charge < -0.3 is 19.7 Å². The first-order valence-corrected chi connectivity index (χ1v) is 12.4. The molecular weight excluding hydrogens is 454 g/mol. The Morgan fingerprint density at radius 3 is 2.36 bits per heavy atom. The monoisotopic (exact) mass is 487 g/mol. The van der Waals surface area contributed by atoms with Crippen LogP contribution < -0.4 is 14.8 Å². The van der Waals surface area contributed by atoms with Crippen molar-refractivity contribution in [2.75, 3.05) is 14.2 Å². The van der Waals surface area contributed by atoms with Gasteiger partial charge in [0.05, 0.1) is 14.2 Å². The Hall–Kier alpha value is -3.87. The largest absolute Gasteiger partial charge is 0.497 e. The van der Waals surface area contributed by atoms with E-state index < -0.39 is 6.04 Å². The van der Waals surface area contributed by atoms with Crippen molar-refractivity contribution in [1.82, 2.24) is 15.2 Å². The van der Waals surface area contributed by atoms with Crippen LogP contribution >= 0.6 is 0 Å². The molecule has 1 aromatic heterocycles. The number of nitrogens with zero attached hydrogens (tertiary/aromatic N) is 2. The number of carbonyl (C=O) groups excluding carboxylic acids is 2. The zero-order chi connectivity index (χ0) is 25.3. The molecule has 0 unspecified atom stereocenters. The molecule has 7 nitrogen and oxygen atoms in total. The molecule has 0 radical (unpaired) electrons. The fourth-order valence-electron chi connectivity index (χ4n) is 4.67. The third-order valence-corrected chi connectivity index (χ3v) is 6.58. The van der Waals surface area contributed by atoms with Crippen molar-refractivity contribution in [2.45, 2.75) is 50.7 Å². The molecule has 2 amide bonds. The van der Waals surface area contributed by atoms with E-state index in [0.29, 0.717) is 17.1 Å². The Morgan fingerprint density at radius 2 is 1.69 bits per heavy atom. The molecule has 1 heterocycles. The number of pyridine rings is 1. The third kappa shape index (κ3) is 6.22. The molecule has 1 atom stereocenters. The van der Waals surface area contributed by atoms with Crippen molar-refractivity contribution in [3.63, 3.8) is 0 Å². The lowest BCUT2D eigenvalue weighted by molar-refractivity contribution is -0.127. The van der Waals surface area contributed by atoms with E-state index in [0.717, 1.165) is 31.2 Å². The predicted molar refractivity (Wildman–Crippen MR) is 138 cm³/mol. The van der Waals surface area contributed by atoms with E-state index in [4.69, 9.17) is 9.47 Å². The van der Waals surface area contributed by atoms with Crippen LogP contribution in [-0.4, -0.2) is 42.0 Å². The van der Waals surface area contributed by atoms with E-state index in [-0.39, 0.29) is 30.1 Å². The van der Waals surface area contributed by atoms with E-state index in [1.165, 1.54) is 6.42 Å². The minimum absolute atomic E-state index is 0.107. The molecule has 1 aliphatic carbocycles. The van der Waals surface area contributed by atoms with Gasteiger partial charge in [-0.25, -0.2) is 0 Å². The predicted octanol–water partition coefficient (Wildman–Crippen LogP) is 4.93. The zero-order valence-electron chi connectivity index (χ0n) is 20.9. The second kappa shape index (κ2) is 12.2. The van der Waals surface area contributed by atoms with Crippen LogP contribution in [-0.2, 0) is 11.3 Å². The minimum Gasteiger partial charge on any atom is -0.497 e. The van der Waals surface area contributed by atoms with Crippen LogP contribution in [0.15, 0.2) is 72.9 Å². The van der Waals surface area contributed by atoms with Crippen molar-refractivity contribution in [1.29, 1.82) is 0 Å². The molecule has 0 spiro atoms. The average molecular weight is 488 g/mol. The number of nitrogens with one attached hydrogen (secondary N) is 1. The highest BCUT2D eigenvalue weighted by Gasteiger charge is 2.34. The number of hydrogen-bond donors (Lipinski definition) is 1. The van der Waals surface area contributed by atoms with Gasteiger partial charge in [0.25, 0.3) is 5.91 Å². The summed E-state index contributed by atoms with van der Waals surface area (Å²) in [4.78, 5) is 33.6. The molecule has 0 bridgehead atoms. The van der Waals surface area contributed by atoms with Crippen molar-refractivity contribution in [2.24, 2.45) is 0 Å². The topological polar surface area (TPSA) is 80.8 Å². The maximum absolute atomic E-state index is 13.9. The summed E-state index contributed by atoms with van der Waals surface area (Å²) in [6.07, 6.45) is 6.86. The molecule has 7 heteroatoms. The molecule has 4 rings (SSSR count). The van der Waals surface area contributed by atoms with Crippen LogP contribution in [0.1, 0.15) is 59.8 Å². The molecule has 1 saturated carbocycles. The minimum atomic E-state index is -0.849. The molecule has 1 fully saturated rings. The van der Waals surface area contributed by atoms with Crippen LogP contribution in [0.5, 0.6) is 11.5 Å². The van der Waals surface area contributed by atoms with Gasteiger partial charge in [-0.2, -0.15) is 0 Å². The normalized spacial score (nSPS) is 14.5. The summed E-state index contributed by atoms with van der Waals surface area (Å²) in [5.74, 6) is 0.850. The summed E-state index contributed by atoms with van der Waals surface area (Å²) < 4.78 is 10.7. The second-order valence-electron chi connectivity index (χ2n) is 9.02. The van der Waals surface area contributed by atoms with Gasteiger partial charge in [0.15, 0.2) is 0 Å². The Kier molecular flexibility index (Phi) is 8.55. The summed E-state index contributed by atoms with van der Waals surface area (Å²) in [5, 5.41) is 3.23. The number of carbonyl (C=O) groups is 2. The lowest BCUT2D eigenvalue weighted by atomic mass is 9.94. The van der Waals surface area contributed by atoms with Crippen LogP contribution in [0.4, 0.5) is 0 Å². The maximum Gasteiger partial charge on any atom is 0.273 e. The van der Waals surface area contributed by atoms with E-state index in [9.17, 15) is 9.59 Å². The fourth-order valence-corrected chi connectivity index (χ4v) is 4.67. The van der Waals surface area contributed by atoms with E-state index in [1.54, 1.807) is 43.5 Å². The Balaban J connectivity index is 1.75. The smallest absolute Gasteiger partial charge is 0.273 e. The number of benzene rings is 2. The highest BCUT2D eigenvalue weighted by molar-refractivity contribution is 5.96. The number of amides is 2. The van der Waals surface area contributed by atoms with Gasteiger partial charge in [0.1, 0.15) is 23.2 Å². The Bertz CT molecular complexity index is 1140. The summed E-state index contributed by atoms with van der Waals surface area (Å²) in [7, 11) is 3.20.